The maximum Gasteiger partial charge on any atom is 0.267 e. The monoisotopic (exact) mass is 421 g/mol. The molecule has 30 heavy (non-hydrogen) atoms. The van der Waals surface area contributed by atoms with Crippen LogP contribution in [0.15, 0.2) is 40.4 Å². The van der Waals surface area contributed by atoms with Gasteiger partial charge in [-0.25, -0.2) is 0 Å². The Hall–Kier alpha value is -2.01. The maximum absolute atomic E-state index is 13.6. The number of fused-ring (bicyclic) bond motifs is 1. The van der Waals surface area contributed by atoms with Gasteiger partial charge in [-0.1, -0.05) is 56.7 Å². The van der Waals surface area contributed by atoms with Crippen molar-refractivity contribution in [1.82, 2.24) is 9.47 Å². The molecule has 0 atom stereocenters. The van der Waals surface area contributed by atoms with Gasteiger partial charge in [-0.15, -0.1) is 0 Å². The lowest BCUT2D eigenvalue weighted by molar-refractivity contribution is -0.124. The summed E-state index contributed by atoms with van der Waals surface area (Å²) in [7, 11) is 2.07. The molecule has 0 spiro atoms. The summed E-state index contributed by atoms with van der Waals surface area (Å²) in [6.07, 6.45) is 16.4. The van der Waals surface area contributed by atoms with Crippen LogP contribution in [0, 0.1) is 0 Å². The number of rotatable bonds is 3. The zero-order valence-corrected chi connectivity index (χ0v) is 18.7. The molecule has 1 saturated heterocycles. The van der Waals surface area contributed by atoms with Gasteiger partial charge >= 0.3 is 0 Å². The SMILES string of the molecule is Cn1cc(C=C2SC(=NC3CCCCC3)N(C3CCCCC3)C2=O)c2ccccc21. The highest BCUT2D eigenvalue weighted by molar-refractivity contribution is 8.18. The molecule has 2 saturated carbocycles. The minimum Gasteiger partial charge on any atom is -0.350 e. The molecule has 2 aliphatic carbocycles. The predicted molar refractivity (Wildman–Crippen MR) is 127 cm³/mol. The number of hydrogen-bond donors (Lipinski definition) is 0. The van der Waals surface area contributed by atoms with E-state index in [4.69, 9.17) is 4.99 Å². The summed E-state index contributed by atoms with van der Waals surface area (Å²) in [6.45, 7) is 0. The summed E-state index contributed by atoms with van der Waals surface area (Å²) in [5, 5.41) is 2.16. The van der Waals surface area contributed by atoms with Crippen molar-refractivity contribution < 1.29 is 4.79 Å². The second-order valence-electron chi connectivity index (χ2n) is 8.99. The first-order valence-corrected chi connectivity index (χ1v) is 12.4. The molecule has 0 N–H and O–H groups in total. The molecule has 5 rings (SSSR count). The summed E-state index contributed by atoms with van der Waals surface area (Å²) < 4.78 is 2.14. The number of carbonyl (C=O) groups is 1. The molecule has 2 heterocycles. The van der Waals surface area contributed by atoms with E-state index in [1.165, 1.54) is 62.3 Å². The Bertz CT molecular complexity index is 993. The molecule has 3 fully saturated rings. The Morgan fingerprint density at radius 1 is 1.00 bits per heavy atom. The number of benzene rings is 1. The van der Waals surface area contributed by atoms with Gasteiger partial charge in [0.1, 0.15) is 0 Å². The first-order chi connectivity index (χ1) is 14.7. The van der Waals surface area contributed by atoms with E-state index >= 15 is 0 Å². The first kappa shape index (κ1) is 19.9. The van der Waals surface area contributed by atoms with Crippen LogP contribution in [0.5, 0.6) is 0 Å². The van der Waals surface area contributed by atoms with Gasteiger partial charge in [-0.3, -0.25) is 14.7 Å². The smallest absolute Gasteiger partial charge is 0.267 e. The van der Waals surface area contributed by atoms with Crippen molar-refractivity contribution in [2.45, 2.75) is 76.3 Å². The predicted octanol–water partition coefficient (Wildman–Crippen LogP) is 6.12. The fraction of sp³-hybridized carbons (Fsp3) is 0.520. The van der Waals surface area contributed by atoms with Crippen molar-refractivity contribution in [1.29, 1.82) is 0 Å². The molecule has 0 bridgehead atoms. The zero-order valence-electron chi connectivity index (χ0n) is 17.8. The van der Waals surface area contributed by atoms with E-state index < -0.39 is 0 Å². The quantitative estimate of drug-likeness (QED) is 0.560. The van der Waals surface area contributed by atoms with Crippen LogP contribution < -0.4 is 0 Å². The van der Waals surface area contributed by atoms with E-state index in [0.717, 1.165) is 28.5 Å². The molecule has 4 nitrogen and oxygen atoms in total. The second kappa shape index (κ2) is 8.62. The van der Waals surface area contributed by atoms with Gasteiger partial charge < -0.3 is 4.57 Å². The summed E-state index contributed by atoms with van der Waals surface area (Å²) in [4.78, 5) is 21.6. The largest absolute Gasteiger partial charge is 0.350 e. The molecule has 1 aromatic carbocycles. The summed E-state index contributed by atoms with van der Waals surface area (Å²) in [5.41, 5.74) is 2.31. The lowest BCUT2D eigenvalue weighted by Gasteiger charge is -2.31. The van der Waals surface area contributed by atoms with Gasteiger partial charge in [-0.05, 0) is 49.6 Å². The standard InChI is InChI=1S/C25H31N3OS/c1-27-17-18(21-14-8-9-15-22(21)27)16-23-24(29)28(20-12-6-3-7-13-20)25(30-23)26-19-10-4-2-5-11-19/h8-9,14-17,19-20H,2-7,10-13H2,1H3. The maximum atomic E-state index is 13.6. The van der Waals surface area contributed by atoms with Crippen LogP contribution in [0.25, 0.3) is 17.0 Å². The number of nitrogens with zero attached hydrogens (tertiary/aromatic N) is 3. The van der Waals surface area contributed by atoms with E-state index in [9.17, 15) is 4.79 Å². The van der Waals surface area contributed by atoms with Crippen molar-refractivity contribution in [3.05, 3.63) is 40.9 Å². The lowest BCUT2D eigenvalue weighted by atomic mass is 9.94. The Labute approximate surface area is 183 Å². The molecule has 2 aromatic rings. The average Bonchev–Trinajstić information content (AvgIpc) is 3.26. The summed E-state index contributed by atoms with van der Waals surface area (Å²) in [6, 6.07) is 9.11. The third-order valence-electron chi connectivity index (χ3n) is 6.86. The van der Waals surface area contributed by atoms with Gasteiger partial charge in [0, 0.05) is 35.8 Å². The average molecular weight is 422 g/mol. The van der Waals surface area contributed by atoms with Crippen molar-refractivity contribution in [3.63, 3.8) is 0 Å². The highest BCUT2D eigenvalue weighted by Gasteiger charge is 2.39. The van der Waals surface area contributed by atoms with E-state index in [2.05, 4.69) is 53.1 Å². The Kier molecular flexibility index (Phi) is 5.72. The number of aryl methyl sites for hydroxylation is 1. The van der Waals surface area contributed by atoms with Crippen LogP contribution in [0.2, 0.25) is 0 Å². The van der Waals surface area contributed by atoms with Crippen molar-refractivity contribution in [2.75, 3.05) is 0 Å². The molecule has 1 aliphatic heterocycles. The van der Waals surface area contributed by atoms with E-state index in [1.807, 2.05) is 0 Å². The number of thioether (sulfide) groups is 1. The molecule has 1 amide bonds. The number of amidine groups is 1. The van der Waals surface area contributed by atoms with Gasteiger partial charge in [0.2, 0.25) is 0 Å². The van der Waals surface area contributed by atoms with Crippen LogP contribution in [0.1, 0.15) is 69.8 Å². The van der Waals surface area contributed by atoms with Crippen molar-refractivity contribution in [2.24, 2.45) is 12.0 Å². The lowest BCUT2D eigenvalue weighted by Crippen LogP contribution is -2.41. The highest BCUT2D eigenvalue weighted by atomic mass is 32.2. The summed E-state index contributed by atoms with van der Waals surface area (Å²) >= 11 is 1.61. The molecule has 0 unspecified atom stereocenters. The fourth-order valence-corrected chi connectivity index (χ4v) is 6.33. The summed E-state index contributed by atoms with van der Waals surface area (Å²) in [5.74, 6) is 0.161. The van der Waals surface area contributed by atoms with E-state index in [1.54, 1.807) is 11.8 Å². The van der Waals surface area contributed by atoms with Crippen molar-refractivity contribution >= 4 is 39.8 Å². The topological polar surface area (TPSA) is 37.6 Å². The van der Waals surface area contributed by atoms with E-state index in [-0.39, 0.29) is 5.91 Å². The Balaban J connectivity index is 1.50. The normalized spacial score (nSPS) is 24.6. The minimum atomic E-state index is 0.161. The van der Waals surface area contributed by atoms with Crippen LogP contribution in [0.4, 0.5) is 0 Å². The Morgan fingerprint density at radius 3 is 2.47 bits per heavy atom. The van der Waals surface area contributed by atoms with Crippen LogP contribution in [-0.2, 0) is 11.8 Å². The number of amides is 1. The van der Waals surface area contributed by atoms with Gasteiger partial charge in [0.15, 0.2) is 5.17 Å². The number of para-hydroxylation sites is 1. The number of carbonyl (C=O) groups excluding carboxylic acids is 1. The third kappa shape index (κ3) is 3.84. The van der Waals surface area contributed by atoms with E-state index in [0.29, 0.717) is 12.1 Å². The highest BCUT2D eigenvalue weighted by Crippen LogP contribution is 2.39. The number of aromatic nitrogens is 1. The van der Waals surface area contributed by atoms with Crippen LogP contribution in [-0.4, -0.2) is 32.6 Å². The molecule has 158 valence electrons. The van der Waals surface area contributed by atoms with Crippen molar-refractivity contribution in [3.8, 4) is 0 Å². The molecule has 0 radical (unpaired) electrons. The third-order valence-corrected chi connectivity index (χ3v) is 7.86. The first-order valence-electron chi connectivity index (χ1n) is 11.6. The van der Waals surface area contributed by atoms with Gasteiger partial charge in [-0.2, -0.15) is 0 Å². The van der Waals surface area contributed by atoms with Gasteiger partial charge in [0.05, 0.1) is 10.9 Å². The Morgan fingerprint density at radius 2 is 1.70 bits per heavy atom. The number of aliphatic imine (C=N–C) groups is 1. The van der Waals surface area contributed by atoms with Gasteiger partial charge in [0.25, 0.3) is 5.91 Å². The van der Waals surface area contributed by atoms with Crippen LogP contribution >= 0.6 is 11.8 Å². The second-order valence-corrected chi connectivity index (χ2v) is 10.0. The molecular weight excluding hydrogens is 390 g/mol. The molecular formula is C25H31N3OS. The molecule has 3 aliphatic rings. The molecule has 1 aromatic heterocycles. The molecule has 5 heteroatoms. The minimum absolute atomic E-state index is 0.161. The van der Waals surface area contributed by atoms with Crippen LogP contribution in [0.3, 0.4) is 0 Å². The zero-order chi connectivity index (χ0) is 20.5. The number of hydrogen-bond acceptors (Lipinski definition) is 3. The fourth-order valence-electron chi connectivity index (χ4n) is 5.23.